The van der Waals surface area contributed by atoms with Crippen LogP contribution in [0, 0.1) is 6.92 Å². The number of aromatic nitrogens is 6. The minimum absolute atomic E-state index is 0.0362. The van der Waals surface area contributed by atoms with Crippen LogP contribution in [0.5, 0.6) is 0 Å². The molecule has 0 bridgehead atoms. The molecule has 0 aliphatic rings. The Labute approximate surface area is 198 Å². The molecule has 1 atom stereocenters. The smallest absolute Gasteiger partial charge is 0.274 e. The van der Waals surface area contributed by atoms with Crippen molar-refractivity contribution in [2.75, 3.05) is 0 Å². The zero-order valence-electron chi connectivity index (χ0n) is 16.8. The monoisotopic (exact) mass is 592 g/mol. The summed E-state index contributed by atoms with van der Waals surface area (Å²) in [7, 11) is -3.79. The van der Waals surface area contributed by atoms with Crippen molar-refractivity contribution in [3.63, 3.8) is 0 Å². The second kappa shape index (κ2) is 9.76. The molecule has 9 nitrogen and oxygen atoms in total. The van der Waals surface area contributed by atoms with Gasteiger partial charge in [-0.2, -0.15) is 15.3 Å². The van der Waals surface area contributed by atoms with Crippen LogP contribution in [0.15, 0.2) is 51.4 Å². The van der Waals surface area contributed by atoms with Crippen LogP contribution < -0.4 is 5.56 Å². The van der Waals surface area contributed by atoms with Gasteiger partial charge in [0.2, 0.25) is 9.84 Å². The topological polar surface area (TPSA) is 116 Å². The van der Waals surface area contributed by atoms with E-state index in [0.29, 0.717) is 33.6 Å². The first kappa shape index (κ1) is 23.8. The third-order valence-electron chi connectivity index (χ3n) is 4.30. The second-order valence-corrected chi connectivity index (χ2v) is 10.5. The van der Waals surface area contributed by atoms with E-state index in [2.05, 4.69) is 42.4 Å². The van der Waals surface area contributed by atoms with Crippen LogP contribution >= 0.6 is 40.0 Å². The van der Waals surface area contributed by atoms with E-state index in [9.17, 15) is 13.2 Å². The highest BCUT2D eigenvalue weighted by molar-refractivity contribution is 14.2. The molecule has 164 valence electrons. The molecule has 0 fully saturated rings. The average Bonchev–Trinajstić information content (AvgIpc) is 3.40. The first-order valence-electron chi connectivity index (χ1n) is 9.18. The summed E-state index contributed by atoms with van der Waals surface area (Å²) in [4.78, 5) is 12.8. The summed E-state index contributed by atoms with van der Waals surface area (Å²) in [5.41, 5.74) is 0.846. The molecule has 13 heteroatoms. The van der Waals surface area contributed by atoms with Gasteiger partial charge in [-0.1, -0.05) is 25.4 Å². The van der Waals surface area contributed by atoms with E-state index >= 15 is 0 Å². The van der Waals surface area contributed by atoms with Crippen molar-refractivity contribution >= 4 is 60.6 Å². The van der Waals surface area contributed by atoms with Crippen molar-refractivity contribution in [2.24, 2.45) is 0 Å². The fraction of sp³-hybridized carbons (Fsp3) is 0.222. The molecular formula is C18H19ClIN6O3PS. The Morgan fingerprint density at radius 1 is 1.26 bits per heavy atom. The summed E-state index contributed by atoms with van der Waals surface area (Å²) < 4.78 is 28.5. The number of hydrogen-bond acceptors (Lipinski definition) is 6. The van der Waals surface area contributed by atoms with E-state index in [0.717, 1.165) is 0 Å². The van der Waals surface area contributed by atoms with Gasteiger partial charge in [0.25, 0.3) is 5.56 Å². The van der Waals surface area contributed by atoms with Gasteiger partial charge in [-0.15, -0.1) is 0 Å². The SMILES string of the molecule is CC.Cc1[nH]nc(Cn2ncc3cc(S(=O)(=O)c4ccn(PI)n4)ccc3c2=O)c1Cl. The summed E-state index contributed by atoms with van der Waals surface area (Å²) in [5, 5.41) is 16.2. The quantitative estimate of drug-likeness (QED) is 0.277. The van der Waals surface area contributed by atoms with E-state index < -0.39 is 9.84 Å². The lowest BCUT2D eigenvalue weighted by Crippen LogP contribution is -2.23. The zero-order chi connectivity index (χ0) is 22.8. The average molecular weight is 593 g/mol. The molecule has 0 radical (unpaired) electrons. The standard InChI is InChI=1S/C16H13ClIN6O3PS.C2H6/c1-9-15(17)13(21-20-9)8-23-16(25)12-3-2-11(6-10(12)7-19-23)29(26,27)14-4-5-24(22-14)28-18;1-2/h2-7,28H,8H2,1H3,(H,20,21);1-2H3. The molecule has 1 aromatic carbocycles. The van der Waals surface area contributed by atoms with Gasteiger partial charge in [-0.3, -0.25) is 9.89 Å². The van der Waals surface area contributed by atoms with Crippen LogP contribution in [0.2, 0.25) is 5.02 Å². The number of hydrogen-bond donors (Lipinski definition) is 1. The first-order chi connectivity index (χ1) is 14.8. The predicted octanol–water partition coefficient (Wildman–Crippen LogP) is 3.98. The lowest BCUT2D eigenvalue weighted by Gasteiger charge is -2.07. The van der Waals surface area contributed by atoms with E-state index in [1.165, 1.54) is 35.1 Å². The summed E-state index contributed by atoms with van der Waals surface area (Å²) in [6, 6.07) is 5.77. The van der Waals surface area contributed by atoms with Crippen LogP contribution in [-0.2, 0) is 16.4 Å². The van der Waals surface area contributed by atoms with Crippen molar-refractivity contribution in [1.82, 2.24) is 29.5 Å². The highest BCUT2D eigenvalue weighted by atomic mass is 127. The summed E-state index contributed by atoms with van der Waals surface area (Å²) in [5.74, 6) is 0. The number of fused-ring (bicyclic) bond motifs is 1. The molecular weight excluding hydrogens is 574 g/mol. The molecule has 0 aliphatic carbocycles. The first-order valence-corrected chi connectivity index (χ1v) is 15.1. The number of H-pyrrole nitrogens is 1. The number of benzene rings is 1. The maximum absolute atomic E-state index is 12.8. The Morgan fingerprint density at radius 3 is 2.61 bits per heavy atom. The third-order valence-corrected chi connectivity index (χ3v) is 8.35. The molecule has 1 unspecified atom stereocenters. The molecule has 0 spiro atoms. The zero-order valence-corrected chi connectivity index (χ0v) is 21.5. The molecule has 4 rings (SSSR count). The summed E-state index contributed by atoms with van der Waals surface area (Å²) in [6.45, 7) is 5.88. The molecule has 0 aliphatic heterocycles. The Kier molecular flexibility index (Phi) is 7.51. The Hall–Kier alpha value is -1.82. The molecule has 1 N–H and O–H groups in total. The Morgan fingerprint density at radius 2 is 2.00 bits per heavy atom. The molecule has 4 aromatic rings. The van der Waals surface area contributed by atoms with Gasteiger partial charge in [0, 0.05) is 11.6 Å². The molecule has 3 heterocycles. The highest BCUT2D eigenvalue weighted by Gasteiger charge is 2.22. The molecule has 31 heavy (non-hydrogen) atoms. The summed E-state index contributed by atoms with van der Waals surface area (Å²) in [6.07, 6.45) is 3.36. The number of nitrogens with zero attached hydrogens (tertiary/aromatic N) is 5. The minimum atomic E-state index is -3.79. The fourth-order valence-electron chi connectivity index (χ4n) is 2.78. The maximum Gasteiger partial charge on any atom is 0.274 e. The number of rotatable bonds is 5. The second-order valence-electron chi connectivity index (χ2n) is 6.15. The van der Waals surface area contributed by atoms with Crippen LogP contribution in [0.3, 0.4) is 0 Å². The molecule has 0 saturated heterocycles. The third kappa shape index (κ3) is 4.69. The molecule has 3 aromatic heterocycles. The Balaban J connectivity index is 0.00000132. The van der Waals surface area contributed by atoms with Gasteiger partial charge >= 0.3 is 0 Å². The van der Waals surface area contributed by atoms with Crippen molar-refractivity contribution < 1.29 is 8.42 Å². The highest BCUT2D eigenvalue weighted by Crippen LogP contribution is 2.27. The van der Waals surface area contributed by atoms with Crippen molar-refractivity contribution in [1.29, 1.82) is 0 Å². The largest absolute Gasteiger partial charge is 0.281 e. The number of aryl methyl sites for hydroxylation is 1. The number of nitrogens with one attached hydrogen (secondary N) is 1. The maximum atomic E-state index is 12.8. The van der Waals surface area contributed by atoms with E-state index in [4.69, 9.17) is 11.6 Å². The van der Waals surface area contributed by atoms with Gasteiger partial charge in [0.05, 0.1) is 40.1 Å². The van der Waals surface area contributed by atoms with E-state index in [1.54, 1.807) is 17.6 Å². The van der Waals surface area contributed by atoms with Crippen molar-refractivity contribution in [3.05, 3.63) is 63.4 Å². The van der Waals surface area contributed by atoms with Crippen LogP contribution in [-0.4, -0.2) is 37.9 Å². The summed E-state index contributed by atoms with van der Waals surface area (Å²) >= 11 is 8.27. The van der Waals surface area contributed by atoms with Crippen LogP contribution in [0.1, 0.15) is 25.2 Å². The van der Waals surface area contributed by atoms with E-state index in [1.807, 2.05) is 13.8 Å². The lowest BCUT2D eigenvalue weighted by atomic mass is 10.2. The van der Waals surface area contributed by atoms with E-state index in [-0.39, 0.29) is 22.0 Å². The van der Waals surface area contributed by atoms with Crippen molar-refractivity contribution in [2.45, 2.75) is 37.2 Å². The van der Waals surface area contributed by atoms with Gasteiger partial charge in [-0.25, -0.2) is 17.6 Å². The number of halogens is 2. The van der Waals surface area contributed by atoms with Crippen LogP contribution in [0.4, 0.5) is 0 Å². The molecule has 0 amide bonds. The predicted molar refractivity (Wildman–Crippen MR) is 130 cm³/mol. The molecule has 0 saturated carbocycles. The van der Waals surface area contributed by atoms with Gasteiger partial charge in [0.15, 0.2) is 5.03 Å². The Bertz CT molecular complexity index is 1400. The number of sulfone groups is 1. The minimum Gasteiger partial charge on any atom is -0.281 e. The van der Waals surface area contributed by atoms with Gasteiger partial charge < -0.3 is 0 Å². The van der Waals surface area contributed by atoms with Crippen LogP contribution in [0.25, 0.3) is 10.8 Å². The fourth-order valence-corrected chi connectivity index (χ4v) is 5.28. The lowest BCUT2D eigenvalue weighted by molar-refractivity contribution is 0.591. The number of aromatic amines is 1. The normalized spacial score (nSPS) is 11.8. The van der Waals surface area contributed by atoms with Crippen molar-refractivity contribution in [3.8, 4) is 0 Å². The van der Waals surface area contributed by atoms with Gasteiger partial charge in [0.1, 0.15) is 5.69 Å². The van der Waals surface area contributed by atoms with Gasteiger partial charge in [-0.05, 0) is 53.2 Å².